The largest absolute Gasteiger partial charge is 0.496 e. The van der Waals surface area contributed by atoms with Crippen LogP contribution in [0.25, 0.3) is 33.0 Å². The van der Waals surface area contributed by atoms with Gasteiger partial charge in [0.05, 0.1) is 12.9 Å². The van der Waals surface area contributed by atoms with Gasteiger partial charge in [-0.2, -0.15) is 0 Å². The van der Waals surface area contributed by atoms with Gasteiger partial charge in [-0.3, -0.25) is 19.6 Å². The van der Waals surface area contributed by atoms with E-state index in [0.717, 1.165) is 44.8 Å². The Morgan fingerprint density at radius 2 is 1.77 bits per heavy atom. The summed E-state index contributed by atoms with van der Waals surface area (Å²) in [5.74, 6) is -0.956. The number of benzene rings is 3. The number of carboxylic acid groups (broad SMARTS) is 1. The van der Waals surface area contributed by atoms with Crippen molar-refractivity contribution in [3.63, 3.8) is 0 Å². The highest BCUT2D eigenvalue weighted by atomic mass is 32.2. The van der Waals surface area contributed by atoms with Crippen molar-refractivity contribution < 1.29 is 19.4 Å². The molecule has 1 heterocycles. The average Bonchev–Trinajstić information content (AvgIpc) is 2.90. The molecule has 0 bridgehead atoms. The number of fused-ring (bicyclic) bond motifs is 1. The number of ether oxygens (including phenoxy) is 1. The zero-order valence-corrected chi connectivity index (χ0v) is 20.0. The Labute approximate surface area is 206 Å². The van der Waals surface area contributed by atoms with Crippen LogP contribution in [0.5, 0.6) is 5.75 Å². The highest BCUT2D eigenvalue weighted by molar-refractivity contribution is 8.14. The van der Waals surface area contributed by atoms with Crippen LogP contribution in [-0.2, 0) is 4.79 Å². The minimum atomic E-state index is -0.991. The summed E-state index contributed by atoms with van der Waals surface area (Å²) in [7, 11) is 3.09. The van der Waals surface area contributed by atoms with Gasteiger partial charge in [0.15, 0.2) is 5.17 Å². The molecule has 0 atom stereocenters. The molecule has 1 aromatic heterocycles. The predicted octanol–water partition coefficient (Wildman–Crippen LogP) is 5.11. The fourth-order valence-electron chi connectivity index (χ4n) is 3.68. The van der Waals surface area contributed by atoms with E-state index in [2.05, 4.69) is 27.4 Å². The molecule has 8 heteroatoms. The van der Waals surface area contributed by atoms with Gasteiger partial charge in [-0.1, -0.05) is 48.2 Å². The Morgan fingerprint density at radius 1 is 1.00 bits per heavy atom. The number of hydrogen-bond donors (Lipinski definition) is 2. The van der Waals surface area contributed by atoms with Crippen molar-refractivity contribution in [2.45, 2.75) is 0 Å². The van der Waals surface area contributed by atoms with E-state index in [1.165, 1.54) is 7.05 Å². The Morgan fingerprint density at radius 3 is 2.51 bits per heavy atom. The Kier molecular flexibility index (Phi) is 7.42. The number of nitrogens with zero attached hydrogens (tertiary/aromatic N) is 2. The number of carboxylic acids is 1. The molecule has 0 unspecified atom stereocenters. The second kappa shape index (κ2) is 10.8. The number of aromatic nitrogens is 1. The lowest BCUT2D eigenvalue weighted by atomic mass is 9.95. The summed E-state index contributed by atoms with van der Waals surface area (Å²) < 4.78 is 5.52. The van der Waals surface area contributed by atoms with Crippen LogP contribution < -0.4 is 10.1 Å². The lowest BCUT2D eigenvalue weighted by molar-refractivity contribution is -0.133. The van der Waals surface area contributed by atoms with Crippen molar-refractivity contribution in [2.24, 2.45) is 4.99 Å². The molecule has 0 radical (unpaired) electrons. The highest BCUT2D eigenvalue weighted by Crippen LogP contribution is 2.34. The lowest BCUT2D eigenvalue weighted by Crippen LogP contribution is -2.29. The van der Waals surface area contributed by atoms with Gasteiger partial charge in [0.2, 0.25) is 0 Å². The molecule has 0 fully saturated rings. The van der Waals surface area contributed by atoms with Gasteiger partial charge < -0.3 is 15.2 Å². The summed E-state index contributed by atoms with van der Waals surface area (Å²) in [5, 5.41) is 14.1. The summed E-state index contributed by atoms with van der Waals surface area (Å²) in [4.78, 5) is 32.4. The third-order valence-electron chi connectivity index (χ3n) is 5.35. The van der Waals surface area contributed by atoms with Crippen LogP contribution in [0.4, 0.5) is 0 Å². The van der Waals surface area contributed by atoms with E-state index in [4.69, 9.17) is 9.84 Å². The summed E-state index contributed by atoms with van der Waals surface area (Å²) in [5.41, 5.74) is 3.70. The van der Waals surface area contributed by atoms with E-state index in [1.807, 2.05) is 36.4 Å². The average molecular weight is 486 g/mol. The van der Waals surface area contributed by atoms with Crippen LogP contribution in [0.3, 0.4) is 0 Å². The monoisotopic (exact) mass is 485 g/mol. The van der Waals surface area contributed by atoms with Gasteiger partial charge in [-0.25, -0.2) is 0 Å². The smallest absolute Gasteiger partial charge is 0.313 e. The number of rotatable bonds is 6. The number of aliphatic carboxylic acids is 1. The first-order chi connectivity index (χ1) is 17.0. The second-order valence-corrected chi connectivity index (χ2v) is 8.57. The number of pyridine rings is 1. The van der Waals surface area contributed by atoms with Crippen LogP contribution >= 0.6 is 11.8 Å². The molecule has 7 nitrogen and oxygen atoms in total. The number of amidine groups is 1. The minimum Gasteiger partial charge on any atom is -0.496 e. The molecule has 0 aliphatic heterocycles. The van der Waals surface area contributed by atoms with Crippen LogP contribution in [0, 0.1) is 0 Å². The molecule has 0 aliphatic carbocycles. The Balaban J connectivity index is 1.79. The maximum atomic E-state index is 13.2. The Hall–Kier alpha value is -4.17. The van der Waals surface area contributed by atoms with Crippen LogP contribution in [0.15, 0.2) is 84.1 Å². The molecule has 2 N–H and O–H groups in total. The van der Waals surface area contributed by atoms with E-state index in [1.54, 1.807) is 37.7 Å². The zero-order valence-electron chi connectivity index (χ0n) is 19.2. The molecular weight excluding hydrogens is 462 g/mol. The number of hydrogen-bond acceptors (Lipinski definition) is 6. The number of carbonyl (C=O) groups excluding carboxylic acids is 1. The molecule has 176 valence electrons. The van der Waals surface area contributed by atoms with Gasteiger partial charge in [0, 0.05) is 30.6 Å². The van der Waals surface area contributed by atoms with E-state index in [9.17, 15) is 9.59 Å². The number of methoxy groups -OCH3 is 1. The molecule has 1 amide bonds. The fourth-order valence-corrected chi connectivity index (χ4v) is 4.24. The van der Waals surface area contributed by atoms with Crippen LogP contribution in [-0.4, -0.2) is 47.0 Å². The number of amides is 1. The normalized spacial score (nSPS) is 11.3. The first kappa shape index (κ1) is 24.0. The quantitative estimate of drug-likeness (QED) is 0.291. The molecule has 35 heavy (non-hydrogen) atoms. The van der Waals surface area contributed by atoms with Gasteiger partial charge in [0.1, 0.15) is 5.75 Å². The fraction of sp³-hybridized carbons (Fsp3) is 0.111. The first-order valence-corrected chi connectivity index (χ1v) is 11.7. The third kappa shape index (κ3) is 5.67. The second-order valence-electron chi connectivity index (χ2n) is 7.60. The van der Waals surface area contributed by atoms with Crippen LogP contribution in [0.1, 0.15) is 10.4 Å². The zero-order chi connectivity index (χ0) is 24.8. The molecule has 4 rings (SSSR count). The van der Waals surface area contributed by atoms with Crippen molar-refractivity contribution in [1.82, 2.24) is 10.3 Å². The molecule has 0 saturated heterocycles. The lowest BCUT2D eigenvalue weighted by Gasteiger charge is -2.14. The highest BCUT2D eigenvalue weighted by Gasteiger charge is 2.16. The van der Waals surface area contributed by atoms with Crippen LogP contribution in [0.2, 0.25) is 0 Å². The number of nitrogens with one attached hydrogen (secondary N) is 1. The molecule has 0 spiro atoms. The van der Waals surface area contributed by atoms with Gasteiger partial charge >= 0.3 is 5.97 Å². The van der Waals surface area contributed by atoms with Gasteiger partial charge in [-0.05, 0) is 57.8 Å². The first-order valence-electron chi connectivity index (χ1n) is 10.7. The maximum absolute atomic E-state index is 13.2. The van der Waals surface area contributed by atoms with E-state index in [-0.39, 0.29) is 10.9 Å². The molecule has 3 aromatic carbocycles. The van der Waals surface area contributed by atoms with Crippen molar-refractivity contribution in [3.05, 3.63) is 84.7 Å². The molecule has 0 aliphatic rings. The predicted molar refractivity (Wildman–Crippen MR) is 140 cm³/mol. The van der Waals surface area contributed by atoms with Crippen molar-refractivity contribution in [1.29, 1.82) is 0 Å². The van der Waals surface area contributed by atoms with Crippen molar-refractivity contribution >= 4 is 39.6 Å². The van der Waals surface area contributed by atoms with Crippen molar-refractivity contribution in [2.75, 3.05) is 19.9 Å². The summed E-state index contributed by atoms with van der Waals surface area (Å²) in [6, 6.07) is 21.6. The standard InChI is InChI=1S/C27H23N3O4S/c1-28-27(35-16-25(31)32)30-26(33)22-13-20(19-8-7-17-5-3-4-6-18(17)11-19)12-21(14-22)23-15-29-10-9-24(23)34-2/h3-15H,16H2,1-2H3,(H,31,32)(H,28,30,33). The summed E-state index contributed by atoms with van der Waals surface area (Å²) in [6.07, 6.45) is 3.34. The van der Waals surface area contributed by atoms with E-state index < -0.39 is 11.9 Å². The number of aliphatic imine (C=N–C) groups is 1. The minimum absolute atomic E-state index is 0.206. The SMILES string of the molecule is CN=C(NC(=O)c1cc(-c2ccc3ccccc3c2)cc(-c2cnccc2OC)c1)SCC(=O)O. The molecular formula is C27H23N3O4S. The maximum Gasteiger partial charge on any atom is 0.313 e. The van der Waals surface area contributed by atoms with Crippen molar-refractivity contribution in [3.8, 4) is 28.0 Å². The molecule has 0 saturated carbocycles. The van der Waals surface area contributed by atoms with Gasteiger partial charge in [-0.15, -0.1) is 0 Å². The molecule has 4 aromatic rings. The third-order valence-corrected chi connectivity index (χ3v) is 6.30. The summed E-state index contributed by atoms with van der Waals surface area (Å²) in [6.45, 7) is 0. The van der Waals surface area contributed by atoms with E-state index >= 15 is 0 Å². The number of thioether (sulfide) groups is 1. The van der Waals surface area contributed by atoms with E-state index in [0.29, 0.717) is 11.3 Å². The number of carbonyl (C=O) groups is 2. The summed E-state index contributed by atoms with van der Waals surface area (Å²) >= 11 is 0.950. The van der Waals surface area contributed by atoms with Gasteiger partial charge in [0.25, 0.3) is 5.91 Å². The topological polar surface area (TPSA) is 101 Å². The Bertz CT molecular complexity index is 1440.